The molecule has 9 nitrogen and oxygen atoms in total. The fraction of sp³-hybridized carbons (Fsp3) is 0. The summed E-state index contributed by atoms with van der Waals surface area (Å²) < 4.78 is 0. The Hall–Kier alpha value is -3.72. The lowest BCUT2D eigenvalue weighted by Gasteiger charge is -2.04. The fourth-order valence-corrected chi connectivity index (χ4v) is 1.64. The molecule has 0 aliphatic heterocycles. The Morgan fingerprint density at radius 1 is 1.29 bits per heavy atom. The quantitative estimate of drug-likeness (QED) is 0.370. The van der Waals surface area contributed by atoms with Crippen LogP contribution in [-0.4, -0.2) is 14.9 Å². The number of aromatic nitrogens is 2. The van der Waals surface area contributed by atoms with E-state index in [9.17, 15) is 14.9 Å². The number of H-pyrrole nitrogens is 1. The van der Waals surface area contributed by atoms with E-state index in [2.05, 4.69) is 15.3 Å². The largest absolute Gasteiger partial charge is 0.291 e. The van der Waals surface area contributed by atoms with E-state index in [1.807, 2.05) is 0 Å². The van der Waals surface area contributed by atoms with Gasteiger partial charge >= 0.3 is 0 Å². The van der Waals surface area contributed by atoms with Crippen molar-refractivity contribution in [3.63, 3.8) is 0 Å². The summed E-state index contributed by atoms with van der Waals surface area (Å²) in [6.07, 6.45) is 1.60. The van der Waals surface area contributed by atoms with Crippen LogP contribution in [0.4, 0.5) is 11.6 Å². The summed E-state index contributed by atoms with van der Waals surface area (Å²) in [7, 11) is 0. The van der Waals surface area contributed by atoms with Crippen LogP contribution in [0.2, 0.25) is 0 Å². The highest BCUT2D eigenvalue weighted by molar-refractivity contribution is 5.68. The van der Waals surface area contributed by atoms with Gasteiger partial charge in [-0.1, -0.05) is 0 Å². The molecule has 0 unspecified atom stereocenters. The maximum atomic E-state index is 11.7. The molecule has 0 bridgehead atoms. The third-order valence-corrected chi connectivity index (χ3v) is 2.56. The Morgan fingerprint density at radius 3 is 2.48 bits per heavy atom. The predicted molar refractivity (Wildman–Crippen MR) is 70.9 cm³/mol. The third-order valence-electron chi connectivity index (χ3n) is 2.56. The molecule has 2 aromatic rings. The number of anilines is 1. The first kappa shape index (κ1) is 13.7. The van der Waals surface area contributed by atoms with E-state index in [1.165, 1.54) is 24.3 Å². The molecule has 102 valence electrons. The summed E-state index contributed by atoms with van der Waals surface area (Å²) in [4.78, 5) is 28.0. The normalized spacial score (nSPS) is 9.43. The van der Waals surface area contributed by atoms with E-state index in [-0.39, 0.29) is 22.9 Å². The Labute approximate surface area is 117 Å². The first-order valence-electron chi connectivity index (χ1n) is 5.51. The van der Waals surface area contributed by atoms with Crippen molar-refractivity contribution >= 4 is 11.6 Å². The van der Waals surface area contributed by atoms with Gasteiger partial charge < -0.3 is 0 Å². The van der Waals surface area contributed by atoms with Crippen LogP contribution in [0.1, 0.15) is 5.56 Å². The number of hydrogen-bond donors (Lipinski definition) is 2. The van der Waals surface area contributed by atoms with Gasteiger partial charge in [0.25, 0.3) is 11.2 Å². The smallest absolute Gasteiger partial charge is 0.270 e. The second-order valence-electron chi connectivity index (χ2n) is 3.79. The second kappa shape index (κ2) is 5.50. The molecule has 0 aliphatic carbocycles. The summed E-state index contributed by atoms with van der Waals surface area (Å²) in [6, 6.07) is 6.93. The second-order valence-corrected chi connectivity index (χ2v) is 3.79. The van der Waals surface area contributed by atoms with Crippen molar-refractivity contribution in [3.05, 3.63) is 50.3 Å². The Balaban J connectivity index is 2.62. The number of nitro groups is 1. The number of hydrogen-bond acceptors (Lipinski definition) is 7. The minimum atomic E-state index is -0.710. The molecule has 0 saturated carbocycles. The van der Waals surface area contributed by atoms with Gasteiger partial charge in [0.1, 0.15) is 11.6 Å². The minimum Gasteiger partial charge on any atom is -0.291 e. The molecule has 0 radical (unpaired) electrons. The standard InChI is InChI=1S/C12H6N6O3/c13-5-9-10(16-12(15-6-14)17-11(9)19)7-1-3-8(4-2-7)18(20)21/h1-4H,(H2,15,16,17,19). The van der Waals surface area contributed by atoms with E-state index in [0.717, 1.165) is 0 Å². The number of aromatic amines is 1. The molecule has 0 aliphatic rings. The van der Waals surface area contributed by atoms with Crippen LogP contribution in [0.3, 0.4) is 0 Å². The van der Waals surface area contributed by atoms with E-state index in [0.29, 0.717) is 5.56 Å². The molecule has 0 fully saturated rings. The van der Waals surface area contributed by atoms with Crippen LogP contribution >= 0.6 is 0 Å². The molecule has 2 rings (SSSR count). The molecule has 1 aromatic carbocycles. The van der Waals surface area contributed by atoms with Gasteiger partial charge in [0, 0.05) is 17.7 Å². The van der Waals surface area contributed by atoms with Crippen LogP contribution in [0.25, 0.3) is 11.3 Å². The molecule has 0 spiro atoms. The maximum absolute atomic E-state index is 11.7. The van der Waals surface area contributed by atoms with Gasteiger partial charge in [-0.15, -0.1) is 0 Å². The first-order valence-corrected chi connectivity index (χ1v) is 5.51. The van der Waals surface area contributed by atoms with E-state index < -0.39 is 10.5 Å². The molecule has 21 heavy (non-hydrogen) atoms. The number of benzene rings is 1. The Bertz CT molecular complexity index is 841. The summed E-state index contributed by atoms with van der Waals surface area (Å²) in [5, 5.41) is 30.3. The number of rotatable bonds is 3. The highest BCUT2D eigenvalue weighted by atomic mass is 16.6. The lowest BCUT2D eigenvalue weighted by atomic mass is 10.1. The first-order chi connectivity index (χ1) is 10.1. The number of nitriles is 2. The summed E-state index contributed by atoms with van der Waals surface area (Å²) >= 11 is 0. The van der Waals surface area contributed by atoms with Crippen LogP contribution < -0.4 is 10.9 Å². The molecule has 2 N–H and O–H groups in total. The van der Waals surface area contributed by atoms with Crippen LogP contribution in [0.15, 0.2) is 29.1 Å². The van der Waals surface area contributed by atoms with E-state index >= 15 is 0 Å². The van der Waals surface area contributed by atoms with Crippen LogP contribution in [0, 0.1) is 32.9 Å². The molecule has 0 atom stereocenters. The average molecular weight is 282 g/mol. The van der Waals surface area contributed by atoms with Crippen LogP contribution in [-0.2, 0) is 0 Å². The van der Waals surface area contributed by atoms with Crippen LogP contribution in [0.5, 0.6) is 0 Å². The van der Waals surface area contributed by atoms with Gasteiger partial charge in [-0.3, -0.25) is 25.2 Å². The third kappa shape index (κ3) is 2.67. The van der Waals surface area contributed by atoms with E-state index in [4.69, 9.17) is 10.5 Å². The number of non-ortho nitro benzene ring substituents is 1. The van der Waals surface area contributed by atoms with Crippen molar-refractivity contribution in [1.82, 2.24) is 9.97 Å². The minimum absolute atomic E-state index is 0.0360. The fourth-order valence-electron chi connectivity index (χ4n) is 1.64. The van der Waals surface area contributed by atoms with Gasteiger partial charge in [-0.25, -0.2) is 4.98 Å². The van der Waals surface area contributed by atoms with Crippen molar-refractivity contribution in [2.45, 2.75) is 0 Å². The van der Waals surface area contributed by atoms with Gasteiger partial charge in [-0.05, 0) is 12.1 Å². The lowest BCUT2D eigenvalue weighted by Crippen LogP contribution is -2.16. The molecule has 9 heteroatoms. The van der Waals surface area contributed by atoms with Gasteiger partial charge in [-0.2, -0.15) is 10.5 Å². The zero-order valence-corrected chi connectivity index (χ0v) is 10.3. The summed E-state index contributed by atoms with van der Waals surface area (Å²) in [6.45, 7) is 0. The number of nitrogens with zero attached hydrogens (tertiary/aromatic N) is 4. The summed E-state index contributed by atoms with van der Waals surface area (Å²) in [5.41, 5.74) is -0.693. The molecule has 1 heterocycles. The Morgan fingerprint density at radius 2 is 1.95 bits per heavy atom. The van der Waals surface area contributed by atoms with Crippen molar-refractivity contribution in [3.8, 4) is 23.5 Å². The highest BCUT2D eigenvalue weighted by Crippen LogP contribution is 2.22. The predicted octanol–water partition coefficient (Wildman–Crippen LogP) is 1.11. The van der Waals surface area contributed by atoms with Crippen molar-refractivity contribution in [1.29, 1.82) is 10.5 Å². The monoisotopic (exact) mass is 282 g/mol. The number of nitrogens with one attached hydrogen (secondary N) is 2. The zero-order valence-electron chi connectivity index (χ0n) is 10.3. The molecule has 0 saturated heterocycles. The highest BCUT2D eigenvalue weighted by Gasteiger charge is 2.14. The van der Waals surface area contributed by atoms with E-state index in [1.54, 1.807) is 12.3 Å². The van der Waals surface area contributed by atoms with Gasteiger partial charge in [0.2, 0.25) is 5.95 Å². The van der Waals surface area contributed by atoms with Crippen molar-refractivity contribution < 1.29 is 4.92 Å². The summed E-state index contributed by atoms with van der Waals surface area (Å²) in [5.74, 6) is -0.116. The van der Waals surface area contributed by atoms with Crippen molar-refractivity contribution in [2.24, 2.45) is 0 Å². The van der Waals surface area contributed by atoms with Gasteiger partial charge in [0.05, 0.1) is 10.6 Å². The topological polar surface area (TPSA) is 148 Å². The molecular weight excluding hydrogens is 276 g/mol. The average Bonchev–Trinajstić information content (AvgIpc) is 2.47. The van der Waals surface area contributed by atoms with Crippen molar-refractivity contribution in [2.75, 3.05) is 5.32 Å². The zero-order chi connectivity index (χ0) is 15.4. The van der Waals surface area contributed by atoms with Gasteiger partial charge in [0.15, 0.2) is 6.19 Å². The lowest BCUT2D eigenvalue weighted by molar-refractivity contribution is -0.384. The Kier molecular flexibility index (Phi) is 3.59. The molecule has 0 amide bonds. The maximum Gasteiger partial charge on any atom is 0.270 e. The molecule has 1 aromatic heterocycles. The molecular formula is C12H6N6O3. The number of nitro benzene ring substituents is 1. The SMILES string of the molecule is N#CNc1nc(-c2ccc([N+](=O)[O-])cc2)c(C#N)c(=O)[nH]1.